The van der Waals surface area contributed by atoms with Crippen molar-refractivity contribution in [1.82, 2.24) is 0 Å². The fourth-order valence-corrected chi connectivity index (χ4v) is 1.90. The smallest absolute Gasteiger partial charge is 0.179 e. The number of rotatable bonds is 5. The van der Waals surface area contributed by atoms with Gasteiger partial charge >= 0.3 is 0 Å². The van der Waals surface area contributed by atoms with Crippen molar-refractivity contribution in [2.24, 2.45) is 0 Å². The predicted octanol–water partition coefficient (Wildman–Crippen LogP) is 3.61. The molecule has 0 unspecified atom stereocenters. The molecule has 0 atom stereocenters. The number of benzene rings is 2. The molecule has 0 aliphatic rings. The van der Waals surface area contributed by atoms with E-state index in [1.165, 1.54) is 0 Å². The first kappa shape index (κ1) is 14.5. The van der Waals surface area contributed by atoms with E-state index in [9.17, 15) is 4.79 Å². The molecule has 0 spiro atoms. The lowest BCUT2D eigenvalue weighted by Crippen LogP contribution is -2.11. The number of alkyl halides is 1. The monoisotopic (exact) mass is 377 g/mol. The number of carbonyl (C=O) groups is 1. The standard InChI is InChI=1S/C16H12INO2/c17-9-15(19)11-20-16-7-5-14(6-8-16)13-3-1-12(10-18)2-4-13/h1-8H,9,11H2. The number of carbonyl (C=O) groups excluding carboxylic acids is 1. The summed E-state index contributed by atoms with van der Waals surface area (Å²) in [5.41, 5.74) is 2.73. The van der Waals surface area contributed by atoms with Crippen LogP contribution in [0, 0.1) is 11.3 Å². The van der Waals surface area contributed by atoms with Crippen LogP contribution < -0.4 is 4.74 Å². The van der Waals surface area contributed by atoms with E-state index in [0.29, 0.717) is 15.7 Å². The Labute approximate surface area is 131 Å². The highest BCUT2D eigenvalue weighted by Crippen LogP contribution is 2.22. The van der Waals surface area contributed by atoms with Gasteiger partial charge in [-0.2, -0.15) is 5.26 Å². The molecule has 0 fully saturated rings. The highest BCUT2D eigenvalue weighted by Gasteiger charge is 2.02. The van der Waals surface area contributed by atoms with Crippen LogP contribution in [-0.2, 0) is 4.79 Å². The van der Waals surface area contributed by atoms with Gasteiger partial charge in [-0.15, -0.1) is 0 Å². The minimum Gasteiger partial charge on any atom is -0.486 e. The molecule has 0 N–H and O–H groups in total. The maximum Gasteiger partial charge on any atom is 0.179 e. The molecule has 0 saturated heterocycles. The fraction of sp³-hybridized carbons (Fsp3) is 0.125. The molecular formula is C16H12INO2. The Morgan fingerprint density at radius 3 is 2.10 bits per heavy atom. The highest BCUT2D eigenvalue weighted by atomic mass is 127. The van der Waals surface area contributed by atoms with Crippen LogP contribution in [0.2, 0.25) is 0 Å². The van der Waals surface area contributed by atoms with Crippen LogP contribution in [0.4, 0.5) is 0 Å². The summed E-state index contributed by atoms with van der Waals surface area (Å²) in [5.74, 6) is 0.752. The summed E-state index contributed by atoms with van der Waals surface area (Å²) in [6, 6.07) is 17.1. The molecule has 0 amide bonds. The summed E-state index contributed by atoms with van der Waals surface area (Å²) in [6.45, 7) is 0.110. The quantitative estimate of drug-likeness (QED) is 0.591. The van der Waals surface area contributed by atoms with Gasteiger partial charge in [-0.1, -0.05) is 46.9 Å². The van der Waals surface area contributed by atoms with Gasteiger partial charge in [-0.3, -0.25) is 4.79 Å². The molecule has 2 rings (SSSR count). The summed E-state index contributed by atoms with van der Waals surface area (Å²) in [7, 11) is 0. The summed E-state index contributed by atoms with van der Waals surface area (Å²) < 4.78 is 5.85. The van der Waals surface area contributed by atoms with Gasteiger partial charge in [0.05, 0.1) is 16.1 Å². The Morgan fingerprint density at radius 2 is 1.60 bits per heavy atom. The minimum absolute atomic E-state index is 0.0711. The first-order chi connectivity index (χ1) is 9.72. The van der Waals surface area contributed by atoms with Crippen LogP contribution in [0.3, 0.4) is 0 Å². The number of Topliss-reactive ketones (excluding diaryl/α,β-unsaturated/α-hetero) is 1. The topological polar surface area (TPSA) is 50.1 Å². The van der Waals surface area contributed by atoms with Crippen LogP contribution >= 0.6 is 22.6 Å². The SMILES string of the molecule is N#Cc1ccc(-c2ccc(OCC(=O)CI)cc2)cc1. The molecular weight excluding hydrogens is 365 g/mol. The Kier molecular flexibility index (Phi) is 5.13. The van der Waals surface area contributed by atoms with Crippen molar-refractivity contribution in [2.45, 2.75) is 0 Å². The van der Waals surface area contributed by atoms with Crippen LogP contribution in [-0.4, -0.2) is 16.8 Å². The third-order valence-electron chi connectivity index (χ3n) is 2.75. The molecule has 100 valence electrons. The third-order valence-corrected chi connectivity index (χ3v) is 3.60. The minimum atomic E-state index is 0.0711. The van der Waals surface area contributed by atoms with E-state index < -0.39 is 0 Å². The lowest BCUT2D eigenvalue weighted by atomic mass is 10.0. The lowest BCUT2D eigenvalue weighted by molar-refractivity contribution is -0.118. The second-order valence-corrected chi connectivity index (χ2v) is 4.94. The lowest BCUT2D eigenvalue weighted by Gasteiger charge is -2.06. The first-order valence-electron chi connectivity index (χ1n) is 6.04. The maximum atomic E-state index is 11.2. The van der Waals surface area contributed by atoms with Crippen LogP contribution in [0.1, 0.15) is 5.56 Å². The van der Waals surface area contributed by atoms with Crippen molar-refractivity contribution >= 4 is 28.4 Å². The van der Waals surface area contributed by atoms with E-state index >= 15 is 0 Å². The van der Waals surface area contributed by atoms with Crippen LogP contribution in [0.25, 0.3) is 11.1 Å². The molecule has 3 nitrogen and oxygen atoms in total. The van der Waals surface area contributed by atoms with Gasteiger partial charge in [0.2, 0.25) is 0 Å². The van der Waals surface area contributed by atoms with E-state index in [4.69, 9.17) is 10.00 Å². The van der Waals surface area contributed by atoms with E-state index in [1.54, 1.807) is 12.1 Å². The largest absolute Gasteiger partial charge is 0.486 e. The molecule has 2 aromatic rings. The van der Waals surface area contributed by atoms with E-state index in [0.717, 1.165) is 11.1 Å². The number of hydrogen-bond acceptors (Lipinski definition) is 3. The number of ketones is 1. The predicted molar refractivity (Wildman–Crippen MR) is 86.0 cm³/mol. The maximum absolute atomic E-state index is 11.2. The summed E-state index contributed by atoms with van der Waals surface area (Å²) in [6.07, 6.45) is 0. The van der Waals surface area contributed by atoms with Gasteiger partial charge in [-0.25, -0.2) is 0 Å². The first-order valence-corrected chi connectivity index (χ1v) is 7.56. The van der Waals surface area contributed by atoms with Gasteiger partial charge in [0.1, 0.15) is 12.4 Å². The molecule has 0 saturated carbocycles. The second-order valence-electron chi connectivity index (χ2n) is 4.17. The fourth-order valence-electron chi connectivity index (χ4n) is 1.68. The zero-order valence-electron chi connectivity index (χ0n) is 10.7. The molecule has 20 heavy (non-hydrogen) atoms. The Bertz CT molecular complexity index is 627. The van der Waals surface area contributed by atoms with Crippen LogP contribution in [0.15, 0.2) is 48.5 Å². The summed E-state index contributed by atoms with van der Waals surface area (Å²) in [4.78, 5) is 11.2. The number of hydrogen-bond donors (Lipinski definition) is 0. The van der Waals surface area contributed by atoms with Gasteiger partial charge in [0.25, 0.3) is 0 Å². The van der Waals surface area contributed by atoms with Crippen molar-refractivity contribution in [3.63, 3.8) is 0 Å². The molecule has 0 aromatic heterocycles. The van der Waals surface area contributed by atoms with Gasteiger partial charge in [0.15, 0.2) is 5.78 Å². The van der Waals surface area contributed by atoms with Crippen molar-refractivity contribution in [3.8, 4) is 22.9 Å². The molecule has 4 heteroatoms. The molecule has 0 radical (unpaired) electrons. The molecule has 0 aliphatic carbocycles. The van der Waals surface area contributed by atoms with Crippen molar-refractivity contribution < 1.29 is 9.53 Å². The van der Waals surface area contributed by atoms with Crippen molar-refractivity contribution in [3.05, 3.63) is 54.1 Å². The van der Waals surface area contributed by atoms with Gasteiger partial charge in [-0.05, 0) is 35.4 Å². The zero-order valence-corrected chi connectivity index (χ0v) is 12.8. The van der Waals surface area contributed by atoms with Crippen molar-refractivity contribution in [2.75, 3.05) is 11.0 Å². The molecule has 0 aliphatic heterocycles. The van der Waals surface area contributed by atoms with Crippen LogP contribution in [0.5, 0.6) is 5.75 Å². The van der Waals surface area contributed by atoms with E-state index in [2.05, 4.69) is 6.07 Å². The number of ether oxygens (including phenoxy) is 1. The summed E-state index contributed by atoms with van der Waals surface area (Å²) in [5, 5.41) is 8.77. The highest BCUT2D eigenvalue weighted by molar-refractivity contribution is 14.1. The average molecular weight is 377 g/mol. The second kappa shape index (κ2) is 7.06. The Morgan fingerprint density at radius 1 is 1.05 bits per heavy atom. The third kappa shape index (κ3) is 3.81. The van der Waals surface area contributed by atoms with Gasteiger partial charge in [0, 0.05) is 0 Å². The van der Waals surface area contributed by atoms with Gasteiger partial charge < -0.3 is 4.74 Å². The Balaban J connectivity index is 2.07. The number of nitriles is 1. The Hall–Kier alpha value is -1.87. The van der Waals surface area contributed by atoms with E-state index in [-0.39, 0.29) is 12.4 Å². The number of nitrogens with zero attached hydrogens (tertiary/aromatic N) is 1. The summed E-state index contributed by atoms with van der Waals surface area (Å²) >= 11 is 2.02. The average Bonchev–Trinajstić information content (AvgIpc) is 2.53. The molecule has 2 aromatic carbocycles. The molecule has 0 heterocycles. The van der Waals surface area contributed by atoms with Crippen molar-refractivity contribution in [1.29, 1.82) is 5.26 Å². The zero-order chi connectivity index (χ0) is 14.4. The molecule has 0 bridgehead atoms. The number of halogens is 1. The van der Waals surface area contributed by atoms with E-state index in [1.807, 2.05) is 59.0 Å². The normalized spacial score (nSPS) is 9.80.